The lowest BCUT2D eigenvalue weighted by atomic mass is 9.95. The third kappa shape index (κ3) is 3.06. The maximum atomic E-state index is 12.6. The predicted molar refractivity (Wildman–Crippen MR) is 86.4 cm³/mol. The van der Waals surface area contributed by atoms with E-state index in [2.05, 4.69) is 0 Å². The molecule has 2 aromatic rings. The topological polar surface area (TPSA) is 52.3 Å². The third-order valence-corrected chi connectivity index (χ3v) is 5.45. The Kier molecular flexibility index (Phi) is 4.17. The molecule has 2 aromatic carbocycles. The van der Waals surface area contributed by atoms with Gasteiger partial charge in [-0.15, -0.1) is 0 Å². The fourth-order valence-electron chi connectivity index (χ4n) is 2.59. The summed E-state index contributed by atoms with van der Waals surface area (Å²) in [5.74, 6) is 1.67. The zero-order chi connectivity index (χ0) is 14.8. The van der Waals surface area contributed by atoms with Gasteiger partial charge in [0.1, 0.15) is 5.75 Å². The average Bonchev–Trinajstić information content (AvgIpc) is 2.47. The standard InChI is InChI=1S/C16H16ClNO2S/c17-12-5-6-16(14(18)9-12)21(19)10-11-7-8-20-15-4-2-1-3-13(11)15/h1-6,9,11H,7-8,10,18H2. The number of nitrogen functional groups attached to an aromatic ring is 1. The number of hydrogen-bond donors (Lipinski definition) is 1. The van der Waals surface area contributed by atoms with Gasteiger partial charge >= 0.3 is 0 Å². The number of ether oxygens (including phenoxy) is 1. The van der Waals surface area contributed by atoms with Gasteiger partial charge in [0, 0.05) is 22.4 Å². The average molecular weight is 322 g/mol. The molecule has 2 unspecified atom stereocenters. The van der Waals surface area contributed by atoms with E-state index in [-0.39, 0.29) is 5.92 Å². The van der Waals surface area contributed by atoms with Crippen molar-refractivity contribution in [2.24, 2.45) is 0 Å². The van der Waals surface area contributed by atoms with Crippen LogP contribution in [0.2, 0.25) is 5.02 Å². The van der Waals surface area contributed by atoms with E-state index in [1.165, 1.54) is 0 Å². The van der Waals surface area contributed by atoms with E-state index in [0.717, 1.165) is 17.7 Å². The van der Waals surface area contributed by atoms with Gasteiger partial charge < -0.3 is 10.5 Å². The number of benzene rings is 2. The molecular weight excluding hydrogens is 306 g/mol. The van der Waals surface area contributed by atoms with E-state index in [4.69, 9.17) is 22.1 Å². The molecule has 0 aliphatic carbocycles. The lowest BCUT2D eigenvalue weighted by Gasteiger charge is -2.25. The van der Waals surface area contributed by atoms with Gasteiger partial charge in [-0.3, -0.25) is 4.21 Å². The molecule has 3 nitrogen and oxygen atoms in total. The highest BCUT2D eigenvalue weighted by molar-refractivity contribution is 7.85. The Morgan fingerprint density at radius 3 is 2.90 bits per heavy atom. The molecule has 1 heterocycles. The molecule has 0 saturated heterocycles. The lowest BCUT2D eigenvalue weighted by molar-refractivity contribution is 0.273. The Bertz CT molecular complexity index is 690. The first-order valence-electron chi connectivity index (χ1n) is 6.80. The zero-order valence-corrected chi connectivity index (χ0v) is 13.0. The highest BCUT2D eigenvalue weighted by Gasteiger charge is 2.24. The van der Waals surface area contributed by atoms with Gasteiger partial charge in [-0.1, -0.05) is 29.8 Å². The molecule has 21 heavy (non-hydrogen) atoms. The Morgan fingerprint density at radius 1 is 1.29 bits per heavy atom. The molecule has 110 valence electrons. The fourth-order valence-corrected chi connectivity index (χ4v) is 4.20. The van der Waals surface area contributed by atoms with Crippen LogP contribution in [0.3, 0.4) is 0 Å². The normalized spacial score (nSPS) is 18.6. The van der Waals surface area contributed by atoms with E-state index in [1.807, 2.05) is 24.3 Å². The lowest BCUT2D eigenvalue weighted by Crippen LogP contribution is -2.19. The van der Waals surface area contributed by atoms with Crippen LogP contribution in [0.5, 0.6) is 5.75 Å². The Morgan fingerprint density at radius 2 is 2.10 bits per heavy atom. The fraction of sp³-hybridized carbons (Fsp3) is 0.250. The van der Waals surface area contributed by atoms with E-state index in [0.29, 0.717) is 28.0 Å². The van der Waals surface area contributed by atoms with E-state index >= 15 is 0 Å². The SMILES string of the molecule is Nc1cc(Cl)ccc1S(=O)CC1CCOc2ccccc21. The van der Waals surface area contributed by atoms with Crippen molar-refractivity contribution in [3.63, 3.8) is 0 Å². The maximum Gasteiger partial charge on any atom is 0.122 e. The van der Waals surface area contributed by atoms with Crippen LogP contribution >= 0.6 is 11.6 Å². The summed E-state index contributed by atoms with van der Waals surface area (Å²) in [5, 5.41) is 0.560. The second kappa shape index (κ2) is 6.08. The van der Waals surface area contributed by atoms with Gasteiger partial charge in [-0.25, -0.2) is 0 Å². The van der Waals surface area contributed by atoms with Crippen LogP contribution < -0.4 is 10.5 Å². The van der Waals surface area contributed by atoms with Crippen LogP contribution in [0.25, 0.3) is 0 Å². The molecule has 5 heteroatoms. The Balaban J connectivity index is 1.83. The molecule has 3 rings (SSSR count). The number of anilines is 1. The van der Waals surface area contributed by atoms with E-state index in [9.17, 15) is 4.21 Å². The Hall–Kier alpha value is -1.52. The van der Waals surface area contributed by atoms with Gasteiger partial charge in [-0.2, -0.15) is 0 Å². The molecule has 0 radical (unpaired) electrons. The molecular formula is C16H16ClNO2S. The smallest absolute Gasteiger partial charge is 0.122 e. The quantitative estimate of drug-likeness (QED) is 0.879. The van der Waals surface area contributed by atoms with Crippen molar-refractivity contribution in [2.75, 3.05) is 18.1 Å². The second-order valence-corrected chi connectivity index (χ2v) is 6.97. The monoisotopic (exact) mass is 321 g/mol. The molecule has 2 N–H and O–H groups in total. The van der Waals surface area contributed by atoms with E-state index in [1.54, 1.807) is 18.2 Å². The van der Waals surface area contributed by atoms with Crippen LogP contribution in [-0.2, 0) is 10.8 Å². The van der Waals surface area contributed by atoms with Crippen molar-refractivity contribution in [1.29, 1.82) is 0 Å². The van der Waals surface area contributed by atoms with Gasteiger partial charge in [0.15, 0.2) is 0 Å². The number of rotatable bonds is 3. The van der Waals surface area contributed by atoms with Crippen molar-refractivity contribution in [2.45, 2.75) is 17.2 Å². The molecule has 0 fully saturated rings. The first-order valence-corrected chi connectivity index (χ1v) is 8.50. The predicted octanol–water partition coefficient (Wildman–Crippen LogP) is 3.60. The minimum absolute atomic E-state index is 0.228. The summed E-state index contributed by atoms with van der Waals surface area (Å²) in [6, 6.07) is 13.1. The summed E-state index contributed by atoms with van der Waals surface area (Å²) in [5.41, 5.74) is 7.54. The molecule has 1 aliphatic rings. The number of fused-ring (bicyclic) bond motifs is 1. The summed E-state index contributed by atoms with van der Waals surface area (Å²) in [6.45, 7) is 0.662. The summed E-state index contributed by atoms with van der Waals surface area (Å²) >= 11 is 5.88. The minimum atomic E-state index is -1.15. The van der Waals surface area contributed by atoms with Crippen molar-refractivity contribution in [3.05, 3.63) is 53.1 Å². The van der Waals surface area contributed by atoms with Crippen molar-refractivity contribution in [1.82, 2.24) is 0 Å². The van der Waals surface area contributed by atoms with Gasteiger partial charge in [-0.05, 0) is 36.2 Å². The summed E-state index contributed by atoms with van der Waals surface area (Å²) < 4.78 is 18.2. The molecule has 1 aliphatic heterocycles. The third-order valence-electron chi connectivity index (χ3n) is 3.65. The van der Waals surface area contributed by atoms with Crippen molar-refractivity contribution < 1.29 is 8.95 Å². The molecule has 0 spiro atoms. The molecule has 0 amide bonds. The molecule has 2 atom stereocenters. The summed E-state index contributed by atoms with van der Waals surface area (Å²) in [4.78, 5) is 0.656. The molecule has 0 aromatic heterocycles. The second-order valence-electron chi connectivity index (χ2n) is 5.07. The number of halogens is 1. The van der Waals surface area contributed by atoms with Crippen molar-refractivity contribution in [3.8, 4) is 5.75 Å². The maximum absolute atomic E-state index is 12.6. The molecule has 0 saturated carbocycles. The highest BCUT2D eigenvalue weighted by atomic mass is 35.5. The van der Waals surface area contributed by atoms with Gasteiger partial charge in [0.05, 0.1) is 22.3 Å². The van der Waals surface area contributed by atoms with E-state index < -0.39 is 10.8 Å². The first kappa shape index (κ1) is 14.4. The van der Waals surface area contributed by atoms with Gasteiger partial charge in [0.2, 0.25) is 0 Å². The summed E-state index contributed by atoms with van der Waals surface area (Å²) in [7, 11) is -1.15. The van der Waals surface area contributed by atoms with Gasteiger partial charge in [0.25, 0.3) is 0 Å². The zero-order valence-electron chi connectivity index (χ0n) is 11.4. The largest absolute Gasteiger partial charge is 0.493 e. The van der Waals surface area contributed by atoms with Crippen LogP contribution in [0.4, 0.5) is 5.69 Å². The highest BCUT2D eigenvalue weighted by Crippen LogP contribution is 2.35. The van der Waals surface area contributed by atoms with Crippen LogP contribution in [-0.4, -0.2) is 16.6 Å². The van der Waals surface area contributed by atoms with Crippen LogP contribution in [0, 0.1) is 0 Å². The Labute approximate surface area is 131 Å². The van der Waals surface area contributed by atoms with Crippen LogP contribution in [0.15, 0.2) is 47.4 Å². The van der Waals surface area contributed by atoms with Crippen molar-refractivity contribution >= 4 is 28.1 Å². The summed E-state index contributed by atoms with van der Waals surface area (Å²) in [6.07, 6.45) is 0.871. The number of nitrogens with two attached hydrogens (primary N) is 1. The molecule has 0 bridgehead atoms. The number of hydrogen-bond acceptors (Lipinski definition) is 3. The van der Waals surface area contributed by atoms with Crippen LogP contribution in [0.1, 0.15) is 17.9 Å². The number of para-hydroxylation sites is 1. The first-order chi connectivity index (χ1) is 10.1. The minimum Gasteiger partial charge on any atom is -0.493 e.